The Morgan fingerprint density at radius 1 is 1.40 bits per heavy atom. The van der Waals surface area contributed by atoms with E-state index in [9.17, 15) is 4.79 Å². The number of carbonyl (C=O) groups is 1. The lowest BCUT2D eigenvalue weighted by atomic mass is 10.1. The van der Waals surface area contributed by atoms with E-state index in [2.05, 4.69) is 27.3 Å². The number of carbonyl (C=O) groups excluding carboxylic acids is 1. The molecule has 1 aromatic heterocycles. The van der Waals surface area contributed by atoms with Crippen molar-refractivity contribution in [2.45, 2.75) is 31.0 Å². The second-order valence-corrected chi connectivity index (χ2v) is 7.41. The van der Waals surface area contributed by atoms with Gasteiger partial charge in [-0.05, 0) is 37.6 Å². The molecule has 134 valence electrons. The van der Waals surface area contributed by atoms with Crippen LogP contribution in [0.15, 0.2) is 35.7 Å². The second-order valence-electron chi connectivity index (χ2n) is 6.03. The van der Waals surface area contributed by atoms with E-state index in [1.807, 2.05) is 28.8 Å². The van der Waals surface area contributed by atoms with Crippen LogP contribution < -0.4 is 5.32 Å². The fraction of sp³-hybridized carbons (Fsp3) is 0.471. The second kappa shape index (κ2) is 8.69. The van der Waals surface area contributed by atoms with Crippen molar-refractivity contribution in [1.29, 1.82) is 0 Å². The van der Waals surface area contributed by atoms with E-state index < -0.39 is 0 Å². The van der Waals surface area contributed by atoms with E-state index in [1.54, 1.807) is 6.33 Å². The van der Waals surface area contributed by atoms with Gasteiger partial charge in [-0.15, -0.1) is 10.2 Å². The quantitative estimate of drug-likeness (QED) is 0.781. The topological polar surface area (TPSA) is 63.1 Å². The van der Waals surface area contributed by atoms with Crippen LogP contribution in [0.4, 0.5) is 0 Å². The van der Waals surface area contributed by atoms with E-state index in [-0.39, 0.29) is 11.9 Å². The molecular formula is C17H22ClN5OS. The van der Waals surface area contributed by atoms with Crippen molar-refractivity contribution in [3.05, 3.63) is 35.6 Å². The fourth-order valence-corrected chi connectivity index (χ4v) is 3.84. The summed E-state index contributed by atoms with van der Waals surface area (Å²) in [5.41, 5.74) is 0.882. The normalized spacial score (nSPS) is 16.1. The van der Waals surface area contributed by atoms with Crippen LogP contribution in [0.5, 0.6) is 0 Å². The van der Waals surface area contributed by atoms with Crippen molar-refractivity contribution >= 4 is 29.3 Å². The van der Waals surface area contributed by atoms with E-state index in [0.29, 0.717) is 15.9 Å². The first-order valence-corrected chi connectivity index (χ1v) is 9.82. The molecule has 1 N–H and O–H groups in total. The number of nitrogens with one attached hydrogen (secondary N) is 1. The SMILES string of the molecule is CCN1CCC(NC(=O)CSc2nncn2-c2cccc(Cl)c2)CC1. The maximum absolute atomic E-state index is 12.2. The first kappa shape index (κ1) is 18.2. The van der Waals surface area contributed by atoms with E-state index in [0.717, 1.165) is 38.2 Å². The molecule has 1 aliphatic heterocycles. The Bertz CT molecular complexity index is 715. The van der Waals surface area contributed by atoms with Crippen LogP contribution in [-0.2, 0) is 4.79 Å². The summed E-state index contributed by atoms with van der Waals surface area (Å²) in [7, 11) is 0. The van der Waals surface area contributed by atoms with Gasteiger partial charge in [0, 0.05) is 24.2 Å². The van der Waals surface area contributed by atoms with Crippen molar-refractivity contribution in [2.24, 2.45) is 0 Å². The predicted octanol–water partition coefficient (Wildman–Crippen LogP) is 2.61. The molecule has 0 saturated carbocycles. The largest absolute Gasteiger partial charge is 0.353 e. The van der Waals surface area contributed by atoms with Gasteiger partial charge in [-0.25, -0.2) is 0 Å². The minimum atomic E-state index is 0.0422. The number of hydrogen-bond donors (Lipinski definition) is 1. The summed E-state index contributed by atoms with van der Waals surface area (Å²) in [5.74, 6) is 0.369. The van der Waals surface area contributed by atoms with E-state index in [1.165, 1.54) is 11.8 Å². The zero-order valence-electron chi connectivity index (χ0n) is 14.2. The number of halogens is 1. The number of aromatic nitrogens is 3. The highest BCUT2D eigenvalue weighted by atomic mass is 35.5. The number of nitrogens with zero attached hydrogens (tertiary/aromatic N) is 4. The molecule has 0 radical (unpaired) electrons. The van der Waals surface area contributed by atoms with Crippen LogP contribution in [0, 0.1) is 0 Å². The van der Waals surface area contributed by atoms with Gasteiger partial charge in [-0.3, -0.25) is 9.36 Å². The molecule has 0 aliphatic carbocycles. The summed E-state index contributed by atoms with van der Waals surface area (Å²) >= 11 is 7.42. The molecule has 2 aromatic rings. The lowest BCUT2D eigenvalue weighted by Crippen LogP contribution is -2.45. The molecular weight excluding hydrogens is 358 g/mol. The van der Waals surface area contributed by atoms with Crippen molar-refractivity contribution in [1.82, 2.24) is 25.0 Å². The van der Waals surface area contributed by atoms with Crippen molar-refractivity contribution in [2.75, 3.05) is 25.4 Å². The highest BCUT2D eigenvalue weighted by Crippen LogP contribution is 2.21. The molecule has 1 aromatic carbocycles. The van der Waals surface area contributed by atoms with Gasteiger partial charge in [0.2, 0.25) is 5.91 Å². The van der Waals surface area contributed by atoms with Crippen LogP contribution in [0.25, 0.3) is 5.69 Å². The molecule has 8 heteroatoms. The van der Waals surface area contributed by atoms with Crippen molar-refractivity contribution < 1.29 is 4.79 Å². The third-order valence-electron chi connectivity index (χ3n) is 4.34. The molecule has 0 bridgehead atoms. The Balaban J connectivity index is 1.52. The lowest BCUT2D eigenvalue weighted by Gasteiger charge is -2.31. The number of piperidine rings is 1. The summed E-state index contributed by atoms with van der Waals surface area (Å²) in [6.45, 7) is 5.36. The monoisotopic (exact) mass is 379 g/mol. The number of rotatable bonds is 6. The Hall–Kier alpha value is -1.57. The number of likely N-dealkylation sites (tertiary alicyclic amines) is 1. The highest BCUT2D eigenvalue weighted by Gasteiger charge is 2.20. The number of benzene rings is 1. The number of amides is 1. The maximum Gasteiger partial charge on any atom is 0.230 e. The molecule has 1 amide bonds. The molecule has 6 nitrogen and oxygen atoms in total. The van der Waals surface area contributed by atoms with Gasteiger partial charge in [0.05, 0.1) is 11.4 Å². The van der Waals surface area contributed by atoms with Gasteiger partial charge in [0.1, 0.15) is 6.33 Å². The third kappa shape index (κ3) is 4.96. The first-order valence-electron chi connectivity index (χ1n) is 8.46. The van der Waals surface area contributed by atoms with Crippen molar-refractivity contribution in [3.8, 4) is 5.69 Å². The minimum absolute atomic E-state index is 0.0422. The first-order chi connectivity index (χ1) is 12.2. The Morgan fingerprint density at radius 3 is 2.92 bits per heavy atom. The van der Waals surface area contributed by atoms with Crippen LogP contribution in [0.1, 0.15) is 19.8 Å². The van der Waals surface area contributed by atoms with Crippen LogP contribution in [-0.4, -0.2) is 57.0 Å². The van der Waals surface area contributed by atoms with Gasteiger partial charge in [0.15, 0.2) is 5.16 Å². The Morgan fingerprint density at radius 2 is 2.20 bits per heavy atom. The summed E-state index contributed by atoms with van der Waals surface area (Å²) < 4.78 is 1.84. The lowest BCUT2D eigenvalue weighted by molar-refractivity contribution is -0.119. The molecule has 1 fully saturated rings. The molecule has 2 heterocycles. The van der Waals surface area contributed by atoms with E-state index in [4.69, 9.17) is 11.6 Å². The van der Waals surface area contributed by atoms with Gasteiger partial charge in [-0.1, -0.05) is 36.4 Å². The summed E-state index contributed by atoms with van der Waals surface area (Å²) in [5, 5.41) is 12.5. The zero-order chi connectivity index (χ0) is 17.6. The predicted molar refractivity (Wildman–Crippen MR) is 100 cm³/mol. The fourth-order valence-electron chi connectivity index (χ4n) is 2.92. The average molecular weight is 380 g/mol. The Labute approximate surface area is 156 Å². The van der Waals surface area contributed by atoms with Crippen molar-refractivity contribution in [3.63, 3.8) is 0 Å². The molecule has 0 spiro atoms. The van der Waals surface area contributed by atoms with Crippen LogP contribution >= 0.6 is 23.4 Å². The third-order valence-corrected chi connectivity index (χ3v) is 5.51. The van der Waals surface area contributed by atoms with E-state index >= 15 is 0 Å². The summed E-state index contributed by atoms with van der Waals surface area (Å²) in [6, 6.07) is 7.75. The standard InChI is InChI=1S/C17H22ClN5OS/c1-2-22-8-6-14(7-9-22)20-16(24)11-25-17-21-19-12-23(17)15-5-3-4-13(18)10-15/h3-5,10,12,14H,2,6-9,11H2,1H3,(H,20,24). The molecule has 1 aliphatic rings. The van der Waals surface area contributed by atoms with Gasteiger partial charge in [0.25, 0.3) is 0 Å². The number of thioether (sulfide) groups is 1. The summed E-state index contributed by atoms with van der Waals surface area (Å²) in [4.78, 5) is 14.6. The van der Waals surface area contributed by atoms with Crippen LogP contribution in [0.3, 0.4) is 0 Å². The smallest absolute Gasteiger partial charge is 0.230 e. The average Bonchev–Trinajstić information content (AvgIpc) is 3.09. The zero-order valence-corrected chi connectivity index (χ0v) is 15.8. The molecule has 0 unspecified atom stereocenters. The molecule has 0 atom stereocenters. The maximum atomic E-state index is 12.2. The van der Waals surface area contributed by atoms with Gasteiger partial charge < -0.3 is 10.2 Å². The molecule has 3 rings (SSSR count). The number of hydrogen-bond acceptors (Lipinski definition) is 5. The van der Waals surface area contributed by atoms with Gasteiger partial charge in [-0.2, -0.15) is 0 Å². The van der Waals surface area contributed by atoms with Crippen LogP contribution in [0.2, 0.25) is 5.02 Å². The molecule has 1 saturated heterocycles. The van der Waals surface area contributed by atoms with Gasteiger partial charge >= 0.3 is 0 Å². The highest BCUT2D eigenvalue weighted by molar-refractivity contribution is 7.99. The summed E-state index contributed by atoms with van der Waals surface area (Å²) in [6.07, 6.45) is 3.66. The molecule has 25 heavy (non-hydrogen) atoms. The Kier molecular flexibility index (Phi) is 6.34. The minimum Gasteiger partial charge on any atom is -0.353 e.